The third-order valence-electron chi connectivity index (χ3n) is 6.65. The molecule has 0 radical (unpaired) electrons. The lowest BCUT2D eigenvalue weighted by molar-refractivity contribution is 0.279. The lowest BCUT2D eigenvalue weighted by Gasteiger charge is -2.10. The Balaban J connectivity index is 1.10. The van der Waals surface area contributed by atoms with Crippen LogP contribution in [0.3, 0.4) is 0 Å². The van der Waals surface area contributed by atoms with Crippen LogP contribution >= 0.6 is 0 Å². The number of ether oxygens (including phenoxy) is 2. The quantitative estimate of drug-likeness (QED) is 0.161. The van der Waals surface area contributed by atoms with Crippen molar-refractivity contribution in [1.29, 1.82) is 10.5 Å². The van der Waals surface area contributed by atoms with E-state index in [4.69, 9.17) is 20.0 Å². The molecule has 45 heavy (non-hydrogen) atoms. The standard InChI is InChI=1S/C33H32N4O6S2/c34-22-28-6-4-8-32(20-28)44(38,39)36-24-26-10-14-30(15-11-26)42-18-2-1-3-19-43-31-16-12-27(13-17-31)25-37-45(40,41)33-9-5-7-29(21-33)23-35/h4-17,20-21,36-37H,1-3,18-19,24-25H2. The van der Waals surface area contributed by atoms with E-state index in [1.807, 2.05) is 12.1 Å². The summed E-state index contributed by atoms with van der Waals surface area (Å²) in [6, 6.07) is 30.0. The van der Waals surface area contributed by atoms with Gasteiger partial charge in [0.25, 0.3) is 0 Å². The number of nitrogens with zero attached hydrogens (tertiary/aromatic N) is 2. The Morgan fingerprint density at radius 3 is 1.33 bits per heavy atom. The minimum absolute atomic E-state index is 0.0462. The second-order valence-electron chi connectivity index (χ2n) is 9.97. The molecule has 232 valence electrons. The molecule has 0 bridgehead atoms. The molecular weight excluding hydrogens is 613 g/mol. The van der Waals surface area contributed by atoms with E-state index in [9.17, 15) is 16.8 Å². The highest BCUT2D eigenvalue weighted by atomic mass is 32.2. The summed E-state index contributed by atoms with van der Waals surface area (Å²) in [6.45, 7) is 1.29. The van der Waals surface area contributed by atoms with Crippen molar-refractivity contribution < 1.29 is 26.3 Å². The van der Waals surface area contributed by atoms with E-state index >= 15 is 0 Å². The molecular formula is C33H32N4O6S2. The highest BCUT2D eigenvalue weighted by Gasteiger charge is 2.15. The molecule has 0 atom stereocenters. The first-order valence-corrected chi connectivity index (χ1v) is 17.1. The zero-order chi connectivity index (χ0) is 32.1. The first-order valence-electron chi connectivity index (χ1n) is 14.1. The molecule has 0 saturated heterocycles. The molecule has 0 spiro atoms. The summed E-state index contributed by atoms with van der Waals surface area (Å²) in [7, 11) is -7.47. The predicted molar refractivity (Wildman–Crippen MR) is 168 cm³/mol. The maximum Gasteiger partial charge on any atom is 0.240 e. The maximum atomic E-state index is 12.5. The predicted octanol–water partition coefficient (Wildman–Crippen LogP) is 5.02. The van der Waals surface area contributed by atoms with Crippen LogP contribution in [0.15, 0.2) is 107 Å². The molecule has 4 aromatic carbocycles. The molecule has 0 aliphatic rings. The highest BCUT2D eigenvalue weighted by molar-refractivity contribution is 7.89. The van der Waals surface area contributed by atoms with Crippen LogP contribution in [0, 0.1) is 22.7 Å². The Labute approximate surface area is 264 Å². The fraction of sp³-hybridized carbons (Fsp3) is 0.212. The SMILES string of the molecule is N#Cc1cccc(S(=O)(=O)NCc2ccc(OCCCCCOc3ccc(CNS(=O)(=O)c4cccc(C#N)c4)cc3)cc2)c1. The fourth-order valence-corrected chi connectivity index (χ4v) is 6.28. The van der Waals surface area contributed by atoms with Gasteiger partial charge in [0.05, 0.1) is 46.3 Å². The lowest BCUT2D eigenvalue weighted by Crippen LogP contribution is -2.23. The van der Waals surface area contributed by atoms with Crippen molar-refractivity contribution in [3.8, 4) is 23.6 Å². The van der Waals surface area contributed by atoms with E-state index in [2.05, 4.69) is 9.44 Å². The monoisotopic (exact) mass is 644 g/mol. The Bertz CT molecular complexity index is 1740. The number of nitrogens with one attached hydrogen (secondary N) is 2. The molecule has 4 aromatic rings. The molecule has 0 amide bonds. The molecule has 0 unspecified atom stereocenters. The smallest absolute Gasteiger partial charge is 0.240 e. The third-order valence-corrected chi connectivity index (χ3v) is 9.45. The fourth-order valence-electron chi connectivity index (χ4n) is 4.16. The van der Waals surface area contributed by atoms with E-state index in [1.165, 1.54) is 36.4 Å². The van der Waals surface area contributed by atoms with Crippen LogP contribution in [-0.2, 0) is 33.1 Å². The first kappa shape index (κ1) is 33.2. The van der Waals surface area contributed by atoms with Crippen molar-refractivity contribution >= 4 is 20.0 Å². The van der Waals surface area contributed by atoms with Gasteiger partial charge in [0.1, 0.15) is 11.5 Å². The summed E-state index contributed by atoms with van der Waals surface area (Å²) in [5.74, 6) is 1.38. The average Bonchev–Trinajstić information content (AvgIpc) is 3.07. The second kappa shape index (κ2) is 15.8. The lowest BCUT2D eigenvalue weighted by atomic mass is 10.2. The van der Waals surface area contributed by atoms with Crippen molar-refractivity contribution in [3.63, 3.8) is 0 Å². The van der Waals surface area contributed by atoms with Crippen LogP contribution in [0.25, 0.3) is 0 Å². The van der Waals surface area contributed by atoms with Gasteiger partial charge >= 0.3 is 0 Å². The topological polar surface area (TPSA) is 158 Å². The van der Waals surface area contributed by atoms with Crippen LogP contribution in [0.2, 0.25) is 0 Å². The van der Waals surface area contributed by atoms with Crippen molar-refractivity contribution in [2.75, 3.05) is 13.2 Å². The first-order chi connectivity index (χ1) is 21.7. The molecule has 0 aliphatic carbocycles. The van der Waals surface area contributed by atoms with Gasteiger partial charge in [-0.05, 0) is 91.1 Å². The second-order valence-corrected chi connectivity index (χ2v) is 13.5. The van der Waals surface area contributed by atoms with Gasteiger partial charge in [0.15, 0.2) is 0 Å². The Hall–Kier alpha value is -4.72. The summed E-state index contributed by atoms with van der Waals surface area (Å²) in [6.07, 6.45) is 2.58. The zero-order valence-corrected chi connectivity index (χ0v) is 26.0. The molecule has 4 rings (SSSR count). The molecule has 0 aromatic heterocycles. The van der Waals surface area contributed by atoms with Gasteiger partial charge in [-0.25, -0.2) is 26.3 Å². The van der Waals surface area contributed by atoms with Crippen LogP contribution in [-0.4, -0.2) is 30.0 Å². The summed E-state index contributed by atoms with van der Waals surface area (Å²) in [5.41, 5.74) is 2.11. The van der Waals surface area contributed by atoms with E-state index < -0.39 is 20.0 Å². The Morgan fingerprint density at radius 2 is 0.956 bits per heavy atom. The maximum absolute atomic E-state index is 12.5. The highest BCUT2D eigenvalue weighted by Crippen LogP contribution is 2.17. The van der Waals surface area contributed by atoms with Gasteiger partial charge in [-0.15, -0.1) is 0 Å². The number of nitriles is 2. The van der Waals surface area contributed by atoms with Crippen LogP contribution in [0.4, 0.5) is 0 Å². The number of hydrogen-bond acceptors (Lipinski definition) is 8. The summed E-state index contributed by atoms with van der Waals surface area (Å²) in [4.78, 5) is 0.0923. The van der Waals surface area contributed by atoms with Gasteiger partial charge < -0.3 is 9.47 Å². The number of hydrogen-bond donors (Lipinski definition) is 2. The van der Waals surface area contributed by atoms with Crippen molar-refractivity contribution in [1.82, 2.24) is 9.44 Å². The van der Waals surface area contributed by atoms with Crippen LogP contribution < -0.4 is 18.9 Å². The number of rotatable bonds is 16. The van der Waals surface area contributed by atoms with Gasteiger partial charge in [0.2, 0.25) is 20.0 Å². The number of sulfonamides is 2. The van der Waals surface area contributed by atoms with Crippen molar-refractivity contribution in [2.45, 2.75) is 42.1 Å². The van der Waals surface area contributed by atoms with Crippen molar-refractivity contribution in [3.05, 3.63) is 119 Å². The summed E-state index contributed by atoms with van der Waals surface area (Å²) < 4.78 is 66.7. The van der Waals surface area contributed by atoms with E-state index in [1.54, 1.807) is 60.7 Å². The Kier molecular flexibility index (Phi) is 11.7. The summed E-state index contributed by atoms with van der Waals surface area (Å²) >= 11 is 0. The minimum Gasteiger partial charge on any atom is -0.494 e. The van der Waals surface area contributed by atoms with Gasteiger partial charge in [-0.3, -0.25) is 0 Å². The van der Waals surface area contributed by atoms with E-state index in [0.29, 0.717) is 24.7 Å². The molecule has 10 nitrogen and oxygen atoms in total. The average molecular weight is 645 g/mol. The van der Waals surface area contributed by atoms with E-state index in [0.717, 1.165) is 30.4 Å². The molecule has 12 heteroatoms. The minimum atomic E-state index is -3.74. The van der Waals surface area contributed by atoms with Gasteiger partial charge in [-0.1, -0.05) is 36.4 Å². The normalized spacial score (nSPS) is 11.3. The summed E-state index contributed by atoms with van der Waals surface area (Å²) in [5, 5.41) is 18.0. The number of unbranched alkanes of at least 4 members (excludes halogenated alkanes) is 2. The van der Waals surface area contributed by atoms with Gasteiger partial charge in [-0.2, -0.15) is 10.5 Å². The number of benzene rings is 4. The molecule has 0 fully saturated rings. The van der Waals surface area contributed by atoms with Crippen LogP contribution in [0.5, 0.6) is 11.5 Å². The Morgan fingerprint density at radius 1 is 0.556 bits per heavy atom. The van der Waals surface area contributed by atoms with Crippen molar-refractivity contribution in [2.24, 2.45) is 0 Å². The third kappa shape index (κ3) is 10.2. The molecule has 0 saturated carbocycles. The molecule has 2 N–H and O–H groups in total. The van der Waals surface area contributed by atoms with E-state index in [-0.39, 0.29) is 34.0 Å². The van der Waals surface area contributed by atoms with Gasteiger partial charge in [0, 0.05) is 13.1 Å². The largest absolute Gasteiger partial charge is 0.494 e. The zero-order valence-electron chi connectivity index (χ0n) is 24.3. The molecule has 0 aliphatic heterocycles. The molecule has 0 heterocycles. The van der Waals surface area contributed by atoms with Crippen LogP contribution in [0.1, 0.15) is 41.5 Å².